The highest BCUT2D eigenvalue weighted by atomic mass is 35.5. The third kappa shape index (κ3) is 4.68. The zero-order chi connectivity index (χ0) is 19.2. The van der Waals surface area contributed by atoms with Gasteiger partial charge in [-0.25, -0.2) is 0 Å². The Morgan fingerprint density at radius 2 is 1.59 bits per heavy atom. The van der Waals surface area contributed by atoms with Crippen molar-refractivity contribution in [3.63, 3.8) is 0 Å². The van der Waals surface area contributed by atoms with E-state index < -0.39 is 4.92 Å². The molecule has 3 aromatic carbocycles. The summed E-state index contributed by atoms with van der Waals surface area (Å²) in [6.07, 6.45) is 1.31. The van der Waals surface area contributed by atoms with Crippen molar-refractivity contribution in [3.05, 3.63) is 93.0 Å². The fourth-order valence-electron chi connectivity index (χ4n) is 2.64. The molecular formula is C20H16ClN3O3. The van der Waals surface area contributed by atoms with Crippen molar-refractivity contribution in [2.24, 2.45) is 10.2 Å². The molecule has 27 heavy (non-hydrogen) atoms. The molecule has 0 aromatic heterocycles. The lowest BCUT2D eigenvalue weighted by Gasteiger charge is -2.08. The number of hydrogen-bond donors (Lipinski definition) is 1. The Hall–Kier alpha value is -3.25. The van der Waals surface area contributed by atoms with Crippen LogP contribution in [0, 0.1) is 10.1 Å². The van der Waals surface area contributed by atoms with Crippen molar-refractivity contribution in [3.8, 4) is 5.75 Å². The fraction of sp³-hybridized carbons (Fsp3) is 0.100. The minimum absolute atomic E-state index is 0.0299. The van der Waals surface area contributed by atoms with E-state index in [1.807, 2.05) is 30.3 Å². The number of nitro benzene ring substituents is 1. The van der Waals surface area contributed by atoms with E-state index in [1.165, 1.54) is 18.2 Å². The Labute approximate surface area is 160 Å². The van der Waals surface area contributed by atoms with Crippen LogP contribution in [0.1, 0.15) is 11.1 Å². The molecule has 0 saturated heterocycles. The van der Waals surface area contributed by atoms with E-state index in [9.17, 15) is 15.2 Å². The molecule has 0 aliphatic carbocycles. The van der Waals surface area contributed by atoms with Crippen LogP contribution in [-0.2, 0) is 12.8 Å². The van der Waals surface area contributed by atoms with Gasteiger partial charge in [0.25, 0.3) is 5.69 Å². The molecule has 3 rings (SSSR count). The second-order valence-corrected chi connectivity index (χ2v) is 6.30. The molecule has 0 aliphatic rings. The number of phenols is 1. The Morgan fingerprint density at radius 1 is 0.926 bits per heavy atom. The minimum atomic E-state index is -0.530. The highest BCUT2D eigenvalue weighted by Gasteiger charge is 2.13. The van der Waals surface area contributed by atoms with Crippen LogP contribution in [0.4, 0.5) is 17.1 Å². The second-order valence-electron chi connectivity index (χ2n) is 5.86. The average molecular weight is 382 g/mol. The van der Waals surface area contributed by atoms with E-state index in [-0.39, 0.29) is 22.8 Å². The first-order valence-corrected chi connectivity index (χ1v) is 8.63. The Kier molecular flexibility index (Phi) is 5.78. The van der Waals surface area contributed by atoms with Gasteiger partial charge in [0.15, 0.2) is 5.69 Å². The molecule has 7 heteroatoms. The summed E-state index contributed by atoms with van der Waals surface area (Å²) in [5.74, 6) is -0.0299. The van der Waals surface area contributed by atoms with Crippen molar-refractivity contribution < 1.29 is 10.0 Å². The molecule has 1 N–H and O–H groups in total. The molecule has 0 aliphatic heterocycles. The molecule has 0 bridgehead atoms. The number of para-hydroxylation sites is 1. The molecule has 0 atom stereocenters. The van der Waals surface area contributed by atoms with Gasteiger partial charge in [-0.3, -0.25) is 10.1 Å². The molecule has 0 spiro atoms. The van der Waals surface area contributed by atoms with Gasteiger partial charge >= 0.3 is 0 Å². The Morgan fingerprint density at radius 3 is 2.33 bits per heavy atom. The first kappa shape index (κ1) is 18.5. The van der Waals surface area contributed by atoms with Crippen LogP contribution in [0.2, 0.25) is 5.02 Å². The summed E-state index contributed by atoms with van der Waals surface area (Å²) in [5, 5.41) is 29.9. The largest absolute Gasteiger partial charge is 0.505 e. The topological polar surface area (TPSA) is 88.1 Å². The van der Waals surface area contributed by atoms with Gasteiger partial charge in [-0.2, -0.15) is 0 Å². The van der Waals surface area contributed by atoms with Crippen LogP contribution >= 0.6 is 11.6 Å². The van der Waals surface area contributed by atoms with Crippen LogP contribution in [0.5, 0.6) is 5.75 Å². The lowest BCUT2D eigenvalue weighted by atomic mass is 10.0. The third-order valence-corrected chi connectivity index (χ3v) is 4.22. The van der Waals surface area contributed by atoms with E-state index in [2.05, 4.69) is 10.2 Å². The summed E-state index contributed by atoms with van der Waals surface area (Å²) in [4.78, 5) is 10.5. The van der Waals surface area contributed by atoms with Gasteiger partial charge in [-0.15, -0.1) is 10.2 Å². The summed E-state index contributed by atoms with van der Waals surface area (Å²) in [6.45, 7) is 0. The van der Waals surface area contributed by atoms with Gasteiger partial charge in [0.1, 0.15) is 11.4 Å². The third-order valence-electron chi connectivity index (χ3n) is 4.00. The van der Waals surface area contributed by atoms with Crippen LogP contribution in [0.3, 0.4) is 0 Å². The van der Waals surface area contributed by atoms with Gasteiger partial charge in [0.2, 0.25) is 0 Å². The Balaban J connectivity index is 1.86. The van der Waals surface area contributed by atoms with Crippen LogP contribution in [0.15, 0.2) is 77.0 Å². The van der Waals surface area contributed by atoms with Crippen molar-refractivity contribution in [2.75, 3.05) is 0 Å². The van der Waals surface area contributed by atoms with Crippen molar-refractivity contribution in [2.45, 2.75) is 12.8 Å². The molecular weight excluding hydrogens is 366 g/mol. The van der Waals surface area contributed by atoms with Gasteiger partial charge in [0.05, 0.1) is 4.92 Å². The number of nitrogens with zero attached hydrogens (tertiary/aromatic N) is 3. The maximum atomic E-state index is 11.1. The molecule has 6 nitrogen and oxygen atoms in total. The SMILES string of the molecule is O=[N+]([O-])c1ccccc1N=Nc1cc(Cl)cc(CCc2ccccc2)c1O. The molecule has 0 amide bonds. The number of nitro groups is 1. The van der Waals surface area contributed by atoms with Crippen LogP contribution in [0.25, 0.3) is 0 Å². The van der Waals surface area contributed by atoms with Gasteiger partial charge in [-0.1, -0.05) is 54.1 Å². The molecule has 0 saturated carbocycles. The number of hydrogen-bond acceptors (Lipinski definition) is 5. The normalized spacial score (nSPS) is 11.0. The van der Waals surface area contributed by atoms with Crippen molar-refractivity contribution in [1.82, 2.24) is 0 Å². The van der Waals surface area contributed by atoms with Crippen molar-refractivity contribution >= 4 is 28.7 Å². The summed E-state index contributed by atoms with van der Waals surface area (Å²) in [5.41, 5.74) is 1.89. The van der Waals surface area contributed by atoms with Gasteiger partial charge in [0, 0.05) is 11.1 Å². The summed E-state index contributed by atoms with van der Waals surface area (Å²) >= 11 is 6.15. The maximum Gasteiger partial charge on any atom is 0.296 e. The smallest absolute Gasteiger partial charge is 0.296 e. The maximum absolute atomic E-state index is 11.1. The second kappa shape index (κ2) is 8.42. The summed E-state index contributed by atoms with van der Waals surface area (Å²) in [6, 6.07) is 19.1. The number of halogens is 1. The molecule has 3 aromatic rings. The predicted molar refractivity (Wildman–Crippen MR) is 104 cm³/mol. The van der Waals surface area contributed by atoms with E-state index in [1.54, 1.807) is 18.2 Å². The highest BCUT2D eigenvalue weighted by molar-refractivity contribution is 6.31. The minimum Gasteiger partial charge on any atom is -0.505 e. The molecule has 0 fully saturated rings. The van der Waals surface area contributed by atoms with E-state index >= 15 is 0 Å². The number of phenolic OH excluding ortho intramolecular Hbond substituents is 1. The molecule has 136 valence electrons. The molecule has 0 radical (unpaired) electrons. The first-order valence-electron chi connectivity index (χ1n) is 8.25. The summed E-state index contributed by atoms with van der Waals surface area (Å²) in [7, 11) is 0. The van der Waals surface area contributed by atoms with Gasteiger partial charge < -0.3 is 5.11 Å². The number of rotatable bonds is 6. The predicted octanol–water partition coefficient (Wildman–Crippen LogP) is 6.15. The first-order chi connectivity index (χ1) is 13.0. The Bertz CT molecular complexity index is 991. The highest BCUT2D eigenvalue weighted by Crippen LogP contribution is 2.36. The number of aryl methyl sites for hydroxylation is 2. The number of azo groups is 1. The zero-order valence-corrected chi connectivity index (χ0v) is 15.0. The average Bonchev–Trinajstić information content (AvgIpc) is 2.68. The summed E-state index contributed by atoms with van der Waals surface area (Å²) < 4.78 is 0. The quantitative estimate of drug-likeness (QED) is 0.315. The van der Waals surface area contributed by atoms with Crippen molar-refractivity contribution in [1.29, 1.82) is 0 Å². The fourth-order valence-corrected chi connectivity index (χ4v) is 2.88. The molecule has 0 unspecified atom stereocenters. The standard InChI is InChI=1S/C20H16ClN3O3/c21-16-12-15(11-10-14-6-2-1-3-7-14)20(25)18(13-16)23-22-17-8-4-5-9-19(17)24(26)27/h1-9,12-13,25H,10-11H2. The monoisotopic (exact) mass is 381 g/mol. The van der Waals surface area contributed by atoms with E-state index in [4.69, 9.17) is 11.6 Å². The van der Waals surface area contributed by atoms with Crippen LogP contribution < -0.4 is 0 Å². The van der Waals surface area contributed by atoms with E-state index in [0.29, 0.717) is 17.0 Å². The lowest BCUT2D eigenvalue weighted by molar-refractivity contribution is -0.384. The zero-order valence-electron chi connectivity index (χ0n) is 14.2. The molecule has 0 heterocycles. The van der Waals surface area contributed by atoms with Crippen LogP contribution in [-0.4, -0.2) is 10.0 Å². The number of benzene rings is 3. The lowest BCUT2D eigenvalue weighted by Crippen LogP contribution is -1.92. The van der Waals surface area contributed by atoms with E-state index in [0.717, 1.165) is 12.0 Å². The van der Waals surface area contributed by atoms with Gasteiger partial charge in [-0.05, 0) is 42.2 Å². The number of aromatic hydroxyl groups is 1.